The van der Waals surface area contributed by atoms with Crippen LogP contribution in [-0.2, 0) is 0 Å². The Morgan fingerprint density at radius 1 is 1.46 bits per heavy atom. The van der Waals surface area contributed by atoms with E-state index in [1.165, 1.54) is 12.1 Å². The molecule has 4 N–H and O–H groups in total. The van der Waals surface area contributed by atoms with Gasteiger partial charge >= 0.3 is 0 Å². The normalized spacial score (nSPS) is 12.9. The van der Waals surface area contributed by atoms with Crippen LogP contribution in [0.5, 0.6) is 0 Å². The quantitative estimate of drug-likeness (QED) is 0.744. The van der Waals surface area contributed by atoms with Crippen molar-refractivity contribution in [3.8, 4) is 0 Å². The maximum Gasteiger partial charge on any atom is 0.123 e. The fourth-order valence-corrected chi connectivity index (χ4v) is 1.35. The van der Waals surface area contributed by atoms with E-state index in [0.29, 0.717) is 13.0 Å². The first kappa shape index (κ1) is 10.2. The van der Waals surface area contributed by atoms with E-state index in [1.807, 2.05) is 6.92 Å². The van der Waals surface area contributed by atoms with Crippen LogP contribution in [0, 0.1) is 12.7 Å². The standard InChI is InChI=1S/C10H15FN2/c1-7-2-3-8(11)6-9(7)10(13)4-5-12/h2-3,6,10H,4-5,12-13H2,1H3/t10-/m0/s1. The van der Waals surface area contributed by atoms with Gasteiger partial charge < -0.3 is 11.5 Å². The molecule has 0 saturated heterocycles. The lowest BCUT2D eigenvalue weighted by molar-refractivity contribution is 0.609. The van der Waals surface area contributed by atoms with Crippen LogP contribution in [-0.4, -0.2) is 6.54 Å². The van der Waals surface area contributed by atoms with E-state index in [1.54, 1.807) is 6.07 Å². The first-order valence-electron chi connectivity index (χ1n) is 4.37. The zero-order valence-corrected chi connectivity index (χ0v) is 7.76. The Morgan fingerprint density at radius 3 is 2.77 bits per heavy atom. The Morgan fingerprint density at radius 2 is 2.15 bits per heavy atom. The first-order chi connectivity index (χ1) is 6.15. The molecule has 72 valence electrons. The summed E-state index contributed by atoms with van der Waals surface area (Å²) in [5.74, 6) is -0.243. The minimum absolute atomic E-state index is 0.152. The van der Waals surface area contributed by atoms with Crippen molar-refractivity contribution in [1.82, 2.24) is 0 Å². The molecule has 0 amide bonds. The molecule has 13 heavy (non-hydrogen) atoms. The lowest BCUT2D eigenvalue weighted by atomic mass is 9.99. The Balaban J connectivity index is 2.91. The smallest absolute Gasteiger partial charge is 0.123 e. The van der Waals surface area contributed by atoms with Crippen molar-refractivity contribution in [1.29, 1.82) is 0 Å². The third kappa shape index (κ3) is 2.50. The summed E-state index contributed by atoms with van der Waals surface area (Å²) in [7, 11) is 0. The monoisotopic (exact) mass is 182 g/mol. The van der Waals surface area contributed by atoms with E-state index >= 15 is 0 Å². The molecule has 0 bridgehead atoms. The highest BCUT2D eigenvalue weighted by Gasteiger charge is 2.08. The number of rotatable bonds is 3. The summed E-state index contributed by atoms with van der Waals surface area (Å²) in [6, 6.07) is 4.51. The van der Waals surface area contributed by atoms with Crippen molar-refractivity contribution in [2.75, 3.05) is 6.54 Å². The second kappa shape index (κ2) is 4.35. The fraction of sp³-hybridized carbons (Fsp3) is 0.400. The second-order valence-electron chi connectivity index (χ2n) is 3.18. The Bertz CT molecular complexity index is 286. The lowest BCUT2D eigenvalue weighted by Gasteiger charge is -2.13. The number of hydrogen-bond donors (Lipinski definition) is 2. The average Bonchev–Trinajstić information content (AvgIpc) is 2.09. The molecular formula is C10H15FN2. The van der Waals surface area contributed by atoms with Crippen LogP contribution in [0.1, 0.15) is 23.6 Å². The number of nitrogens with two attached hydrogens (primary N) is 2. The molecule has 0 aromatic heterocycles. The van der Waals surface area contributed by atoms with Gasteiger partial charge in [-0.15, -0.1) is 0 Å². The summed E-state index contributed by atoms with van der Waals surface area (Å²) in [5.41, 5.74) is 13.1. The van der Waals surface area contributed by atoms with Gasteiger partial charge in [0.15, 0.2) is 0 Å². The van der Waals surface area contributed by atoms with Gasteiger partial charge in [0.25, 0.3) is 0 Å². The number of aryl methyl sites for hydroxylation is 1. The Hall–Kier alpha value is -0.930. The van der Waals surface area contributed by atoms with Crippen molar-refractivity contribution in [2.45, 2.75) is 19.4 Å². The van der Waals surface area contributed by atoms with Crippen molar-refractivity contribution in [3.63, 3.8) is 0 Å². The number of halogens is 1. The molecule has 0 unspecified atom stereocenters. The van der Waals surface area contributed by atoms with Gasteiger partial charge in [-0.05, 0) is 43.1 Å². The van der Waals surface area contributed by atoms with Crippen molar-refractivity contribution in [3.05, 3.63) is 35.1 Å². The summed E-state index contributed by atoms with van der Waals surface area (Å²) in [5, 5.41) is 0. The molecule has 1 atom stereocenters. The lowest BCUT2D eigenvalue weighted by Crippen LogP contribution is -2.16. The zero-order valence-electron chi connectivity index (χ0n) is 7.76. The van der Waals surface area contributed by atoms with Crippen molar-refractivity contribution >= 4 is 0 Å². The molecular weight excluding hydrogens is 167 g/mol. The molecule has 0 spiro atoms. The largest absolute Gasteiger partial charge is 0.330 e. The summed E-state index contributed by atoms with van der Waals surface area (Å²) in [6.07, 6.45) is 0.685. The molecule has 0 radical (unpaired) electrons. The highest BCUT2D eigenvalue weighted by Crippen LogP contribution is 2.18. The van der Waals surface area contributed by atoms with Gasteiger partial charge in [0.2, 0.25) is 0 Å². The van der Waals surface area contributed by atoms with E-state index in [-0.39, 0.29) is 11.9 Å². The van der Waals surface area contributed by atoms with E-state index in [4.69, 9.17) is 11.5 Å². The van der Waals surface area contributed by atoms with Crippen LogP contribution < -0.4 is 11.5 Å². The minimum atomic E-state index is -0.243. The summed E-state index contributed by atoms with van der Waals surface area (Å²) in [4.78, 5) is 0. The van der Waals surface area contributed by atoms with Gasteiger partial charge in [0.05, 0.1) is 0 Å². The molecule has 1 aromatic carbocycles. The van der Waals surface area contributed by atoms with Crippen LogP contribution in [0.15, 0.2) is 18.2 Å². The van der Waals surface area contributed by atoms with Crippen LogP contribution >= 0.6 is 0 Å². The molecule has 0 aliphatic heterocycles. The minimum Gasteiger partial charge on any atom is -0.330 e. The van der Waals surface area contributed by atoms with Crippen molar-refractivity contribution in [2.24, 2.45) is 11.5 Å². The van der Waals surface area contributed by atoms with E-state index in [9.17, 15) is 4.39 Å². The third-order valence-electron chi connectivity index (χ3n) is 2.12. The number of benzene rings is 1. The maximum atomic E-state index is 12.9. The topological polar surface area (TPSA) is 52.0 Å². The summed E-state index contributed by atoms with van der Waals surface area (Å²) in [6.45, 7) is 2.45. The average molecular weight is 182 g/mol. The van der Waals surface area contributed by atoms with Gasteiger partial charge in [-0.3, -0.25) is 0 Å². The van der Waals surface area contributed by atoms with Crippen LogP contribution in [0.25, 0.3) is 0 Å². The molecule has 0 aliphatic carbocycles. The van der Waals surface area contributed by atoms with Gasteiger partial charge in [0, 0.05) is 6.04 Å². The van der Waals surface area contributed by atoms with E-state index in [2.05, 4.69) is 0 Å². The molecule has 1 rings (SSSR count). The van der Waals surface area contributed by atoms with Crippen LogP contribution in [0.3, 0.4) is 0 Å². The summed E-state index contributed by atoms with van der Waals surface area (Å²) < 4.78 is 12.9. The molecule has 0 fully saturated rings. The molecule has 0 saturated carbocycles. The zero-order chi connectivity index (χ0) is 9.84. The van der Waals surface area contributed by atoms with Gasteiger partial charge in [0.1, 0.15) is 5.82 Å². The van der Waals surface area contributed by atoms with Gasteiger partial charge in [-0.2, -0.15) is 0 Å². The molecule has 0 aliphatic rings. The van der Waals surface area contributed by atoms with E-state index < -0.39 is 0 Å². The van der Waals surface area contributed by atoms with E-state index in [0.717, 1.165) is 11.1 Å². The van der Waals surface area contributed by atoms with Crippen LogP contribution in [0.4, 0.5) is 4.39 Å². The third-order valence-corrected chi connectivity index (χ3v) is 2.12. The highest BCUT2D eigenvalue weighted by molar-refractivity contribution is 5.29. The Kier molecular flexibility index (Phi) is 3.39. The maximum absolute atomic E-state index is 12.9. The van der Waals surface area contributed by atoms with Crippen LogP contribution in [0.2, 0.25) is 0 Å². The number of hydrogen-bond acceptors (Lipinski definition) is 2. The molecule has 2 nitrogen and oxygen atoms in total. The Labute approximate surface area is 77.7 Å². The predicted octanol–water partition coefficient (Wildman–Crippen LogP) is 1.48. The first-order valence-corrected chi connectivity index (χ1v) is 4.37. The highest BCUT2D eigenvalue weighted by atomic mass is 19.1. The van der Waals surface area contributed by atoms with Gasteiger partial charge in [-0.1, -0.05) is 6.07 Å². The second-order valence-corrected chi connectivity index (χ2v) is 3.18. The molecule has 3 heteroatoms. The van der Waals surface area contributed by atoms with Crippen molar-refractivity contribution < 1.29 is 4.39 Å². The predicted molar refractivity (Wildman–Crippen MR) is 51.7 cm³/mol. The van der Waals surface area contributed by atoms with Gasteiger partial charge in [-0.25, -0.2) is 4.39 Å². The fourth-order valence-electron chi connectivity index (χ4n) is 1.35. The SMILES string of the molecule is Cc1ccc(F)cc1[C@@H](N)CCN. The molecule has 0 heterocycles. The molecule has 1 aromatic rings. The summed E-state index contributed by atoms with van der Waals surface area (Å²) >= 11 is 0.